The first kappa shape index (κ1) is 19.8. The van der Waals surface area contributed by atoms with E-state index >= 15 is 0 Å². The summed E-state index contributed by atoms with van der Waals surface area (Å²) in [4.78, 5) is 30.1. The van der Waals surface area contributed by atoms with Gasteiger partial charge < -0.3 is 9.80 Å². The van der Waals surface area contributed by atoms with Crippen molar-refractivity contribution in [1.29, 1.82) is 0 Å². The third kappa shape index (κ3) is 4.30. The Hall–Kier alpha value is -2.96. The molecule has 0 spiro atoms. The first-order valence-corrected chi connectivity index (χ1v) is 9.38. The Kier molecular flexibility index (Phi) is 6.23. The van der Waals surface area contributed by atoms with Crippen molar-refractivity contribution in [2.24, 2.45) is 0 Å². The number of urea groups is 1. The molecule has 1 fully saturated rings. The van der Waals surface area contributed by atoms with Gasteiger partial charge in [0.05, 0.1) is 0 Å². The van der Waals surface area contributed by atoms with Crippen molar-refractivity contribution in [3.05, 3.63) is 60.2 Å². The van der Waals surface area contributed by atoms with Crippen molar-refractivity contribution >= 4 is 23.3 Å². The summed E-state index contributed by atoms with van der Waals surface area (Å²) in [7, 11) is 0. The highest BCUT2D eigenvalue weighted by molar-refractivity contribution is 6.00. The Balaban J connectivity index is 1.70. The Morgan fingerprint density at radius 2 is 1.82 bits per heavy atom. The fraction of sp³-hybridized carbons (Fsp3) is 0.333. The van der Waals surface area contributed by atoms with Gasteiger partial charge in [-0.1, -0.05) is 31.5 Å². The number of amides is 3. The number of hydrogen-bond donors (Lipinski definition) is 0. The van der Waals surface area contributed by atoms with Crippen LogP contribution in [-0.2, 0) is 4.79 Å². The maximum Gasteiger partial charge on any atom is 0.325 e. The SMILES string of the molecule is CCCCN(C(=O)CN1CCN(c2ccc(F)c(F)c2)C1=O)c1ccccc1. The molecule has 0 atom stereocenters. The van der Waals surface area contributed by atoms with Gasteiger partial charge in [0.25, 0.3) is 0 Å². The number of benzene rings is 2. The van der Waals surface area contributed by atoms with Crippen LogP contribution in [0.15, 0.2) is 48.5 Å². The number of rotatable bonds is 7. The van der Waals surface area contributed by atoms with Gasteiger partial charge in [0, 0.05) is 37.1 Å². The monoisotopic (exact) mass is 387 g/mol. The van der Waals surface area contributed by atoms with Crippen LogP contribution in [-0.4, -0.2) is 43.0 Å². The first-order valence-electron chi connectivity index (χ1n) is 9.38. The first-order chi connectivity index (χ1) is 13.5. The molecule has 1 saturated heterocycles. The lowest BCUT2D eigenvalue weighted by molar-refractivity contribution is -0.119. The minimum absolute atomic E-state index is 0.0579. The van der Waals surface area contributed by atoms with E-state index in [1.165, 1.54) is 15.9 Å². The summed E-state index contributed by atoms with van der Waals surface area (Å²) >= 11 is 0. The number of para-hydroxylation sites is 1. The summed E-state index contributed by atoms with van der Waals surface area (Å²) in [5, 5.41) is 0. The predicted molar refractivity (Wildman–Crippen MR) is 104 cm³/mol. The summed E-state index contributed by atoms with van der Waals surface area (Å²) in [6, 6.07) is 12.3. The zero-order valence-corrected chi connectivity index (χ0v) is 15.8. The van der Waals surface area contributed by atoms with Gasteiger partial charge in [-0.3, -0.25) is 9.69 Å². The molecule has 148 valence electrons. The lowest BCUT2D eigenvalue weighted by atomic mass is 10.2. The molecule has 0 bridgehead atoms. The van der Waals surface area contributed by atoms with Crippen molar-refractivity contribution in [3.8, 4) is 0 Å². The number of hydrogen-bond acceptors (Lipinski definition) is 2. The highest BCUT2D eigenvalue weighted by Gasteiger charge is 2.32. The number of unbranched alkanes of at least 4 members (excludes halogenated alkanes) is 1. The van der Waals surface area contributed by atoms with Gasteiger partial charge in [0.1, 0.15) is 6.54 Å². The third-order valence-electron chi connectivity index (χ3n) is 4.74. The van der Waals surface area contributed by atoms with E-state index in [1.807, 2.05) is 30.3 Å². The molecule has 0 N–H and O–H groups in total. The molecule has 1 aliphatic rings. The van der Waals surface area contributed by atoms with Gasteiger partial charge in [0.15, 0.2) is 11.6 Å². The van der Waals surface area contributed by atoms with Crippen LogP contribution in [0.2, 0.25) is 0 Å². The van der Waals surface area contributed by atoms with Crippen LogP contribution in [0.3, 0.4) is 0 Å². The summed E-state index contributed by atoms with van der Waals surface area (Å²) in [6.45, 7) is 3.24. The number of halogens is 2. The van der Waals surface area contributed by atoms with Gasteiger partial charge in [-0.25, -0.2) is 13.6 Å². The second-order valence-corrected chi connectivity index (χ2v) is 6.69. The van der Waals surface area contributed by atoms with E-state index in [-0.39, 0.29) is 24.2 Å². The number of nitrogens with zero attached hydrogens (tertiary/aromatic N) is 3. The molecule has 3 rings (SSSR count). The maximum atomic E-state index is 13.5. The van der Waals surface area contributed by atoms with Crippen LogP contribution in [0.4, 0.5) is 25.0 Å². The maximum absolute atomic E-state index is 13.5. The van der Waals surface area contributed by atoms with E-state index in [0.29, 0.717) is 19.6 Å². The minimum atomic E-state index is -1.00. The molecule has 1 heterocycles. The van der Waals surface area contributed by atoms with E-state index in [4.69, 9.17) is 0 Å². The number of carbonyl (C=O) groups is 2. The Morgan fingerprint density at radius 3 is 2.50 bits per heavy atom. The zero-order valence-electron chi connectivity index (χ0n) is 15.8. The predicted octanol–water partition coefficient (Wildman–Crippen LogP) is 4.04. The van der Waals surface area contributed by atoms with Gasteiger partial charge in [-0.05, 0) is 30.7 Å². The van der Waals surface area contributed by atoms with E-state index in [9.17, 15) is 18.4 Å². The molecule has 1 aliphatic heterocycles. The number of carbonyl (C=O) groups excluding carboxylic acids is 2. The summed E-state index contributed by atoms with van der Waals surface area (Å²) in [5.41, 5.74) is 1.08. The van der Waals surface area contributed by atoms with Crippen LogP contribution >= 0.6 is 0 Å². The molecule has 0 aliphatic carbocycles. The van der Waals surface area contributed by atoms with E-state index in [1.54, 1.807) is 4.90 Å². The quantitative estimate of drug-likeness (QED) is 0.720. The molecule has 0 radical (unpaired) electrons. The molecule has 7 heteroatoms. The standard InChI is InChI=1S/C21H23F2N3O2/c1-2-3-11-25(16-7-5-4-6-8-16)20(27)15-24-12-13-26(21(24)28)17-9-10-18(22)19(23)14-17/h4-10,14H,2-3,11-13,15H2,1H3. The molecule has 28 heavy (non-hydrogen) atoms. The second-order valence-electron chi connectivity index (χ2n) is 6.69. The van der Waals surface area contributed by atoms with Crippen LogP contribution in [0.1, 0.15) is 19.8 Å². The fourth-order valence-corrected chi connectivity index (χ4v) is 3.19. The Labute approximate surface area is 163 Å². The van der Waals surface area contributed by atoms with Crippen LogP contribution in [0.5, 0.6) is 0 Å². The van der Waals surface area contributed by atoms with Crippen LogP contribution in [0.25, 0.3) is 0 Å². The average molecular weight is 387 g/mol. The van der Waals surface area contributed by atoms with Gasteiger partial charge in [-0.15, -0.1) is 0 Å². The fourth-order valence-electron chi connectivity index (χ4n) is 3.19. The molecule has 0 aromatic heterocycles. The topological polar surface area (TPSA) is 43.9 Å². The van der Waals surface area contributed by atoms with Crippen molar-refractivity contribution in [1.82, 2.24) is 4.90 Å². The summed E-state index contributed by atoms with van der Waals surface area (Å²) in [6.07, 6.45) is 1.80. The third-order valence-corrected chi connectivity index (χ3v) is 4.74. The van der Waals surface area contributed by atoms with Crippen LogP contribution in [0, 0.1) is 11.6 Å². The van der Waals surface area contributed by atoms with Crippen molar-refractivity contribution in [2.45, 2.75) is 19.8 Å². The smallest absolute Gasteiger partial charge is 0.313 e. The van der Waals surface area contributed by atoms with Crippen molar-refractivity contribution < 1.29 is 18.4 Å². The van der Waals surface area contributed by atoms with Crippen molar-refractivity contribution in [2.75, 3.05) is 36.0 Å². The van der Waals surface area contributed by atoms with Gasteiger partial charge in [-0.2, -0.15) is 0 Å². The molecule has 5 nitrogen and oxygen atoms in total. The minimum Gasteiger partial charge on any atom is -0.313 e. The average Bonchev–Trinajstić information content (AvgIpc) is 3.05. The molecule has 2 aromatic rings. The molecular weight excluding hydrogens is 364 g/mol. The summed E-state index contributed by atoms with van der Waals surface area (Å²) in [5.74, 6) is -2.13. The van der Waals surface area contributed by atoms with Crippen molar-refractivity contribution in [3.63, 3.8) is 0 Å². The molecule has 0 saturated carbocycles. The largest absolute Gasteiger partial charge is 0.325 e. The zero-order chi connectivity index (χ0) is 20.1. The van der Waals surface area contributed by atoms with E-state index < -0.39 is 11.6 Å². The van der Waals surface area contributed by atoms with Crippen LogP contribution < -0.4 is 9.80 Å². The molecule has 0 unspecified atom stereocenters. The number of anilines is 2. The van der Waals surface area contributed by atoms with Gasteiger partial charge in [0.2, 0.25) is 5.91 Å². The Morgan fingerprint density at radius 1 is 1.07 bits per heavy atom. The lowest BCUT2D eigenvalue weighted by Crippen LogP contribution is -2.42. The molecule has 3 amide bonds. The molecule has 2 aromatic carbocycles. The normalized spacial score (nSPS) is 13.9. The highest BCUT2D eigenvalue weighted by atomic mass is 19.2. The highest BCUT2D eigenvalue weighted by Crippen LogP contribution is 2.23. The Bertz CT molecular complexity index is 845. The lowest BCUT2D eigenvalue weighted by Gasteiger charge is -2.25. The van der Waals surface area contributed by atoms with E-state index in [2.05, 4.69) is 6.92 Å². The van der Waals surface area contributed by atoms with Gasteiger partial charge >= 0.3 is 6.03 Å². The summed E-state index contributed by atoms with van der Waals surface area (Å²) < 4.78 is 26.6. The molecular formula is C21H23F2N3O2. The second kappa shape index (κ2) is 8.82. The van der Waals surface area contributed by atoms with E-state index in [0.717, 1.165) is 30.7 Å².